The summed E-state index contributed by atoms with van der Waals surface area (Å²) in [5.41, 5.74) is 12.0. The molecule has 0 radical (unpaired) electrons. The lowest BCUT2D eigenvalue weighted by atomic mass is 10.1. The zero-order chi connectivity index (χ0) is 31.2. The molecule has 4 heterocycles. The van der Waals surface area contributed by atoms with Gasteiger partial charge in [-0.3, -0.25) is 4.57 Å². The van der Waals surface area contributed by atoms with Gasteiger partial charge in [0.25, 0.3) is 0 Å². The van der Waals surface area contributed by atoms with Gasteiger partial charge in [0.05, 0.1) is 17.8 Å². The monoisotopic (exact) mass is 599 g/mol. The van der Waals surface area contributed by atoms with E-state index in [0.717, 1.165) is 37.2 Å². The summed E-state index contributed by atoms with van der Waals surface area (Å²) in [5, 5.41) is 14.8. The van der Waals surface area contributed by atoms with Crippen molar-refractivity contribution >= 4 is 22.8 Å². The average Bonchev–Trinajstić information content (AvgIpc) is 3.45. The Morgan fingerprint density at radius 1 is 0.956 bits per heavy atom. The summed E-state index contributed by atoms with van der Waals surface area (Å²) < 4.78 is 15.6. The normalized spacial score (nSPS) is 11.8. The van der Waals surface area contributed by atoms with Crippen LogP contribution in [0.3, 0.4) is 0 Å². The number of anilines is 2. The number of fused-ring (bicyclic) bond motifs is 1. The molecule has 224 valence electrons. The van der Waals surface area contributed by atoms with Crippen molar-refractivity contribution in [3.05, 3.63) is 108 Å². The van der Waals surface area contributed by atoms with Gasteiger partial charge < -0.3 is 16.4 Å². The molecule has 1 unspecified atom stereocenters. The van der Waals surface area contributed by atoms with Gasteiger partial charge in [0.2, 0.25) is 5.82 Å². The third kappa shape index (κ3) is 6.61. The maximum absolute atomic E-state index is 13.6. The second-order valence-corrected chi connectivity index (χ2v) is 10.6. The molecule has 6 rings (SSSR count). The molecule has 0 saturated carbocycles. The summed E-state index contributed by atoms with van der Waals surface area (Å²) in [6.07, 6.45) is 5.13. The second-order valence-electron chi connectivity index (χ2n) is 10.6. The van der Waals surface area contributed by atoms with Gasteiger partial charge in [-0.1, -0.05) is 19.1 Å². The number of aromatic nitrogens is 6. The lowest BCUT2D eigenvalue weighted by Crippen LogP contribution is -2.83. The molecule has 0 bridgehead atoms. The largest absolute Gasteiger partial charge is 0.383 e. The van der Waals surface area contributed by atoms with Crippen LogP contribution in [0.4, 0.5) is 16.0 Å². The molecule has 2 aromatic carbocycles. The Labute approximate surface area is 259 Å². The molecule has 45 heavy (non-hydrogen) atoms. The summed E-state index contributed by atoms with van der Waals surface area (Å²) in [6.45, 7) is 3.88. The molecule has 5 N–H and O–H groups in total. The summed E-state index contributed by atoms with van der Waals surface area (Å²) in [6, 6.07) is 26.2. The van der Waals surface area contributed by atoms with E-state index in [2.05, 4.69) is 56.8 Å². The summed E-state index contributed by atoms with van der Waals surface area (Å²) in [5.74, 6) is 1.55. The highest BCUT2D eigenvalue weighted by Gasteiger charge is 2.19. The van der Waals surface area contributed by atoms with Crippen molar-refractivity contribution in [2.75, 3.05) is 17.6 Å². The molecule has 0 aliphatic carbocycles. The van der Waals surface area contributed by atoms with Crippen molar-refractivity contribution < 1.29 is 9.71 Å². The SMILES string of the molecule is CCC(CC[NH2+]Cc1ccc(-n2c(-c3cccnc3N)nc3ccc(-c4ccc(F)cc4)nc32)cc1)Nc1ccnc(C#N)n1. The van der Waals surface area contributed by atoms with Crippen molar-refractivity contribution in [3.63, 3.8) is 0 Å². The van der Waals surface area contributed by atoms with E-state index in [9.17, 15) is 4.39 Å². The first-order valence-electron chi connectivity index (χ1n) is 14.8. The molecule has 0 saturated heterocycles. The molecule has 11 heteroatoms. The van der Waals surface area contributed by atoms with Crippen molar-refractivity contribution in [2.45, 2.75) is 32.4 Å². The third-order valence-corrected chi connectivity index (χ3v) is 7.62. The van der Waals surface area contributed by atoms with Crippen LogP contribution in [0.15, 0.2) is 91.3 Å². The molecule has 4 aromatic heterocycles. The molecule has 0 aliphatic heterocycles. The Morgan fingerprint density at radius 2 is 1.78 bits per heavy atom. The van der Waals surface area contributed by atoms with Crippen molar-refractivity contribution in [2.24, 2.45) is 0 Å². The van der Waals surface area contributed by atoms with Crippen LogP contribution in [0.5, 0.6) is 0 Å². The number of pyridine rings is 2. The van der Waals surface area contributed by atoms with E-state index in [1.807, 2.05) is 34.9 Å². The van der Waals surface area contributed by atoms with E-state index in [1.54, 1.807) is 30.6 Å². The van der Waals surface area contributed by atoms with Gasteiger partial charge in [0.15, 0.2) is 11.5 Å². The molecular formula is C34H32FN10+. The Balaban J connectivity index is 1.21. The van der Waals surface area contributed by atoms with Crippen LogP contribution in [-0.2, 0) is 6.54 Å². The average molecular weight is 600 g/mol. The van der Waals surface area contributed by atoms with E-state index in [-0.39, 0.29) is 17.7 Å². The molecule has 0 aliphatic rings. The van der Waals surface area contributed by atoms with Crippen LogP contribution in [0, 0.1) is 17.1 Å². The first-order chi connectivity index (χ1) is 22.0. The molecule has 0 amide bonds. The van der Waals surface area contributed by atoms with Crippen molar-refractivity contribution in [1.29, 1.82) is 5.26 Å². The number of nitrogens with one attached hydrogen (secondary N) is 1. The van der Waals surface area contributed by atoms with Crippen LogP contribution in [0.25, 0.3) is 39.5 Å². The van der Waals surface area contributed by atoms with Gasteiger partial charge in [0.1, 0.15) is 35.6 Å². The van der Waals surface area contributed by atoms with Crippen LogP contribution in [0.1, 0.15) is 31.2 Å². The van der Waals surface area contributed by atoms with Crippen molar-refractivity contribution in [3.8, 4) is 34.4 Å². The van der Waals surface area contributed by atoms with Gasteiger partial charge in [-0.25, -0.2) is 29.3 Å². The van der Waals surface area contributed by atoms with Gasteiger partial charge in [-0.05, 0) is 73.2 Å². The molecule has 10 nitrogen and oxygen atoms in total. The maximum Gasteiger partial charge on any atom is 0.234 e. The zero-order valence-electron chi connectivity index (χ0n) is 24.7. The number of quaternary nitrogens is 1. The fraction of sp³-hybridized carbons (Fsp3) is 0.176. The minimum absolute atomic E-state index is 0.161. The minimum Gasteiger partial charge on any atom is -0.383 e. The van der Waals surface area contributed by atoms with Gasteiger partial charge in [-0.15, -0.1) is 0 Å². The highest BCUT2D eigenvalue weighted by molar-refractivity contribution is 5.84. The van der Waals surface area contributed by atoms with Crippen LogP contribution < -0.4 is 16.4 Å². The van der Waals surface area contributed by atoms with E-state index in [0.29, 0.717) is 39.9 Å². The van der Waals surface area contributed by atoms with E-state index >= 15 is 0 Å². The Kier molecular flexibility index (Phi) is 8.66. The summed E-state index contributed by atoms with van der Waals surface area (Å²) >= 11 is 0. The molecule has 6 aromatic rings. The smallest absolute Gasteiger partial charge is 0.234 e. The Hall–Kier alpha value is -5.73. The lowest BCUT2D eigenvalue weighted by Gasteiger charge is -2.16. The number of nitriles is 1. The van der Waals surface area contributed by atoms with E-state index in [1.165, 1.54) is 17.7 Å². The highest BCUT2D eigenvalue weighted by Crippen LogP contribution is 2.31. The topological polar surface area (TPSA) is 148 Å². The quantitative estimate of drug-likeness (QED) is 0.179. The van der Waals surface area contributed by atoms with Gasteiger partial charge >= 0.3 is 0 Å². The zero-order valence-corrected chi connectivity index (χ0v) is 24.7. The number of hydrogen-bond donors (Lipinski definition) is 3. The fourth-order valence-corrected chi connectivity index (χ4v) is 5.22. The summed E-state index contributed by atoms with van der Waals surface area (Å²) in [7, 11) is 0. The van der Waals surface area contributed by atoms with Gasteiger partial charge in [0, 0.05) is 41.7 Å². The molecular weight excluding hydrogens is 567 g/mol. The number of benzene rings is 2. The minimum atomic E-state index is -0.296. The number of halogens is 1. The maximum atomic E-state index is 13.6. The fourth-order valence-electron chi connectivity index (χ4n) is 5.22. The van der Waals surface area contributed by atoms with Crippen LogP contribution in [-0.4, -0.2) is 42.1 Å². The summed E-state index contributed by atoms with van der Waals surface area (Å²) in [4.78, 5) is 22.3. The second kappa shape index (κ2) is 13.3. The third-order valence-electron chi connectivity index (χ3n) is 7.62. The highest BCUT2D eigenvalue weighted by atomic mass is 19.1. The Bertz CT molecular complexity index is 1960. The standard InChI is InChI=1S/C34H31FN10/c1-2-25(41-30-16-19-39-31(20-36)44-30)15-18-38-21-22-5-11-26(12-6-22)45-33(27-4-3-17-40-32(27)37)43-29-14-13-28(42-34(29)45)23-7-9-24(35)10-8-23/h3-14,16-17,19,25,38H,2,15,18,21H2,1H3,(H2,37,40)(H,39,41,44)/p+1. The number of imidazole rings is 1. The van der Waals surface area contributed by atoms with Crippen LogP contribution >= 0.6 is 0 Å². The van der Waals surface area contributed by atoms with E-state index in [4.69, 9.17) is 21.0 Å². The Morgan fingerprint density at radius 3 is 2.53 bits per heavy atom. The van der Waals surface area contributed by atoms with Crippen LogP contribution in [0.2, 0.25) is 0 Å². The van der Waals surface area contributed by atoms with Crippen molar-refractivity contribution in [1.82, 2.24) is 29.5 Å². The first-order valence-corrected chi connectivity index (χ1v) is 14.8. The number of rotatable bonds is 11. The molecule has 0 fully saturated rings. The first kappa shape index (κ1) is 29.3. The number of hydrogen-bond acceptors (Lipinski definition) is 8. The van der Waals surface area contributed by atoms with Gasteiger partial charge in [-0.2, -0.15) is 5.26 Å². The lowest BCUT2D eigenvalue weighted by molar-refractivity contribution is -0.671. The molecule has 0 spiro atoms. The predicted molar refractivity (Wildman–Crippen MR) is 171 cm³/mol. The number of nitrogens with zero attached hydrogens (tertiary/aromatic N) is 7. The number of nitrogens with two attached hydrogens (primary N) is 2. The van der Waals surface area contributed by atoms with E-state index < -0.39 is 0 Å². The predicted octanol–water partition coefficient (Wildman–Crippen LogP) is 4.88. The molecule has 1 atom stereocenters. The number of nitrogen functional groups attached to an aromatic ring is 1.